The monoisotopic (exact) mass is 304 g/mol. The molecule has 21 heavy (non-hydrogen) atoms. The van der Waals surface area contributed by atoms with Gasteiger partial charge in [0.2, 0.25) is 0 Å². The number of hydrogen-bond donors (Lipinski definition) is 1. The molecule has 0 aromatic carbocycles. The van der Waals surface area contributed by atoms with Gasteiger partial charge in [0.15, 0.2) is 0 Å². The van der Waals surface area contributed by atoms with Crippen LogP contribution in [0.15, 0.2) is 17.6 Å². The van der Waals surface area contributed by atoms with Gasteiger partial charge >= 0.3 is 6.03 Å². The number of rotatable bonds is 2. The van der Waals surface area contributed by atoms with Gasteiger partial charge in [-0.1, -0.05) is 0 Å². The normalized spacial score (nSPS) is 17.7. The van der Waals surface area contributed by atoms with Crippen molar-refractivity contribution in [3.8, 4) is 0 Å². The van der Waals surface area contributed by atoms with E-state index in [0.717, 1.165) is 24.2 Å². The van der Waals surface area contributed by atoms with E-state index in [0.29, 0.717) is 6.54 Å². The molecule has 2 amide bonds. The molecule has 1 aliphatic heterocycles. The molecule has 5 nitrogen and oxygen atoms in total. The molecule has 2 aromatic rings. The molecule has 1 aliphatic rings. The molecule has 0 fully saturated rings. The van der Waals surface area contributed by atoms with Crippen LogP contribution in [0.4, 0.5) is 4.79 Å². The van der Waals surface area contributed by atoms with E-state index in [1.54, 1.807) is 11.3 Å². The molecular formula is C15H20N4OS. The quantitative estimate of drug-likeness (QED) is 0.927. The number of thiophene rings is 1. The lowest BCUT2D eigenvalue weighted by Crippen LogP contribution is -2.44. The number of nitrogens with zero attached hydrogens (tertiary/aromatic N) is 3. The zero-order valence-electron chi connectivity index (χ0n) is 12.6. The van der Waals surface area contributed by atoms with Gasteiger partial charge in [0.1, 0.15) is 0 Å². The van der Waals surface area contributed by atoms with Gasteiger partial charge in [-0.15, -0.1) is 11.3 Å². The van der Waals surface area contributed by atoms with Crippen molar-refractivity contribution < 1.29 is 4.79 Å². The summed E-state index contributed by atoms with van der Waals surface area (Å²) in [6, 6.07) is 2.28. The SMILES string of the molecule is Cc1c(CNC(=O)N2CCc3sccc3C2C)cnn1C. The first-order chi connectivity index (χ1) is 10.1. The highest BCUT2D eigenvalue weighted by molar-refractivity contribution is 7.10. The molecule has 0 aliphatic carbocycles. The van der Waals surface area contributed by atoms with Crippen LogP contribution in [0.2, 0.25) is 0 Å². The van der Waals surface area contributed by atoms with Gasteiger partial charge in [-0.05, 0) is 37.3 Å². The van der Waals surface area contributed by atoms with E-state index in [1.807, 2.05) is 29.7 Å². The Bertz CT molecular complexity index is 660. The van der Waals surface area contributed by atoms with Crippen LogP contribution in [0.3, 0.4) is 0 Å². The highest BCUT2D eigenvalue weighted by Crippen LogP contribution is 2.32. The molecule has 0 radical (unpaired) electrons. The highest BCUT2D eigenvalue weighted by Gasteiger charge is 2.28. The van der Waals surface area contributed by atoms with Gasteiger partial charge in [-0.2, -0.15) is 5.10 Å². The van der Waals surface area contributed by atoms with E-state index < -0.39 is 0 Å². The Kier molecular flexibility index (Phi) is 3.71. The van der Waals surface area contributed by atoms with Crippen molar-refractivity contribution in [2.75, 3.05) is 6.54 Å². The average molecular weight is 304 g/mol. The summed E-state index contributed by atoms with van der Waals surface area (Å²) in [5, 5.41) is 9.32. The van der Waals surface area contributed by atoms with Gasteiger partial charge in [0, 0.05) is 36.3 Å². The van der Waals surface area contributed by atoms with Gasteiger partial charge in [-0.3, -0.25) is 4.68 Å². The number of aryl methyl sites for hydroxylation is 1. The Morgan fingerprint density at radius 3 is 3.10 bits per heavy atom. The number of hydrogen-bond acceptors (Lipinski definition) is 3. The van der Waals surface area contributed by atoms with Crippen molar-refractivity contribution in [1.82, 2.24) is 20.0 Å². The molecule has 0 saturated heterocycles. The van der Waals surface area contributed by atoms with Crippen LogP contribution in [0.1, 0.15) is 34.7 Å². The Morgan fingerprint density at radius 1 is 1.57 bits per heavy atom. The zero-order valence-corrected chi connectivity index (χ0v) is 13.4. The molecule has 112 valence electrons. The molecule has 3 rings (SSSR count). The molecule has 3 heterocycles. The number of carbonyl (C=O) groups excluding carboxylic acids is 1. The topological polar surface area (TPSA) is 50.2 Å². The fraction of sp³-hybridized carbons (Fsp3) is 0.467. The molecule has 1 N–H and O–H groups in total. The predicted molar refractivity (Wildman–Crippen MR) is 83.3 cm³/mol. The second-order valence-electron chi connectivity index (χ2n) is 5.46. The van der Waals surface area contributed by atoms with Crippen LogP contribution in [-0.2, 0) is 20.0 Å². The Hall–Kier alpha value is -1.82. The summed E-state index contributed by atoms with van der Waals surface area (Å²) in [6.45, 7) is 5.42. The molecular weight excluding hydrogens is 284 g/mol. The van der Waals surface area contributed by atoms with E-state index in [4.69, 9.17) is 0 Å². The summed E-state index contributed by atoms with van der Waals surface area (Å²) in [4.78, 5) is 15.8. The molecule has 0 bridgehead atoms. The Morgan fingerprint density at radius 2 is 2.38 bits per heavy atom. The molecule has 1 atom stereocenters. The Balaban J connectivity index is 1.65. The summed E-state index contributed by atoms with van der Waals surface area (Å²) >= 11 is 1.79. The van der Waals surface area contributed by atoms with E-state index in [-0.39, 0.29) is 12.1 Å². The predicted octanol–water partition coefficient (Wildman–Crippen LogP) is 2.62. The van der Waals surface area contributed by atoms with Gasteiger partial charge in [0.25, 0.3) is 0 Å². The maximum absolute atomic E-state index is 12.4. The minimum atomic E-state index is 0.00241. The maximum Gasteiger partial charge on any atom is 0.318 e. The molecule has 2 aromatic heterocycles. The smallest absolute Gasteiger partial charge is 0.318 e. The average Bonchev–Trinajstić information content (AvgIpc) is 3.06. The lowest BCUT2D eigenvalue weighted by molar-refractivity contribution is 0.175. The fourth-order valence-electron chi connectivity index (χ4n) is 2.78. The maximum atomic E-state index is 12.4. The van der Waals surface area contributed by atoms with E-state index in [1.165, 1.54) is 10.4 Å². The summed E-state index contributed by atoms with van der Waals surface area (Å²) in [7, 11) is 1.91. The lowest BCUT2D eigenvalue weighted by Gasteiger charge is -2.33. The van der Waals surface area contributed by atoms with Crippen molar-refractivity contribution in [1.29, 1.82) is 0 Å². The number of fused-ring (bicyclic) bond motifs is 1. The first-order valence-corrected chi connectivity index (χ1v) is 8.04. The van der Waals surface area contributed by atoms with Gasteiger partial charge in [-0.25, -0.2) is 4.79 Å². The van der Waals surface area contributed by atoms with Crippen molar-refractivity contribution >= 4 is 17.4 Å². The van der Waals surface area contributed by atoms with Crippen molar-refractivity contribution in [2.45, 2.75) is 32.9 Å². The third-order valence-electron chi connectivity index (χ3n) is 4.31. The number of urea groups is 1. The van der Waals surface area contributed by atoms with E-state index in [2.05, 4.69) is 28.8 Å². The summed E-state index contributed by atoms with van der Waals surface area (Å²) in [6.07, 6.45) is 2.77. The molecule has 6 heteroatoms. The first kappa shape index (κ1) is 14.1. The van der Waals surface area contributed by atoms with E-state index >= 15 is 0 Å². The van der Waals surface area contributed by atoms with Crippen molar-refractivity contribution in [3.05, 3.63) is 39.3 Å². The molecule has 1 unspecified atom stereocenters. The lowest BCUT2D eigenvalue weighted by atomic mass is 10.0. The number of nitrogens with one attached hydrogen (secondary N) is 1. The van der Waals surface area contributed by atoms with Gasteiger partial charge < -0.3 is 10.2 Å². The van der Waals surface area contributed by atoms with Crippen LogP contribution < -0.4 is 5.32 Å². The second-order valence-corrected chi connectivity index (χ2v) is 6.46. The van der Waals surface area contributed by atoms with Crippen molar-refractivity contribution in [3.63, 3.8) is 0 Å². The fourth-order valence-corrected chi connectivity index (χ4v) is 3.74. The van der Waals surface area contributed by atoms with Crippen molar-refractivity contribution in [2.24, 2.45) is 7.05 Å². The van der Waals surface area contributed by atoms with Crippen LogP contribution in [-0.4, -0.2) is 27.3 Å². The molecule has 0 saturated carbocycles. The number of carbonyl (C=O) groups is 1. The summed E-state index contributed by atoms with van der Waals surface area (Å²) in [5.74, 6) is 0. The minimum absolute atomic E-state index is 0.00241. The van der Waals surface area contributed by atoms with Crippen LogP contribution in [0.5, 0.6) is 0 Å². The van der Waals surface area contributed by atoms with Crippen LogP contribution >= 0.6 is 11.3 Å². The zero-order chi connectivity index (χ0) is 15.0. The largest absolute Gasteiger partial charge is 0.334 e. The molecule has 0 spiro atoms. The summed E-state index contributed by atoms with van der Waals surface area (Å²) < 4.78 is 1.82. The third-order valence-corrected chi connectivity index (χ3v) is 5.30. The van der Waals surface area contributed by atoms with E-state index in [9.17, 15) is 4.79 Å². The number of amides is 2. The third kappa shape index (κ3) is 2.55. The summed E-state index contributed by atoms with van der Waals surface area (Å²) in [5.41, 5.74) is 3.44. The minimum Gasteiger partial charge on any atom is -0.334 e. The van der Waals surface area contributed by atoms with Crippen LogP contribution in [0, 0.1) is 6.92 Å². The van der Waals surface area contributed by atoms with Gasteiger partial charge in [0.05, 0.1) is 12.2 Å². The number of aromatic nitrogens is 2. The van der Waals surface area contributed by atoms with Crippen LogP contribution in [0.25, 0.3) is 0 Å². The standard InChI is InChI=1S/C15H20N4OS/c1-10-12(9-17-18(10)3)8-16-15(20)19-6-4-14-13(11(19)2)5-7-21-14/h5,7,9,11H,4,6,8H2,1-3H3,(H,16,20). The second kappa shape index (κ2) is 5.52. The Labute approximate surface area is 128 Å². The highest BCUT2D eigenvalue weighted by atomic mass is 32.1. The first-order valence-electron chi connectivity index (χ1n) is 7.16.